The molecule has 114 valence electrons. The highest BCUT2D eigenvalue weighted by atomic mass is 19.3. The summed E-state index contributed by atoms with van der Waals surface area (Å²) >= 11 is 0. The number of rotatable bonds is 8. The molecule has 1 aromatic rings. The second kappa shape index (κ2) is 8.32. The Morgan fingerprint density at radius 2 is 1.75 bits per heavy atom. The number of aryl methyl sites for hydroxylation is 3. The molecule has 1 aromatic carbocycles. The van der Waals surface area contributed by atoms with Crippen molar-refractivity contribution in [2.45, 2.75) is 46.6 Å². The van der Waals surface area contributed by atoms with Gasteiger partial charge in [0.15, 0.2) is 0 Å². The molecular weight excluding hydrogens is 260 g/mol. The number of hydrogen-bond acceptors (Lipinski definition) is 2. The third-order valence-corrected chi connectivity index (χ3v) is 3.33. The van der Waals surface area contributed by atoms with Crippen molar-refractivity contribution in [2.24, 2.45) is 0 Å². The van der Waals surface area contributed by atoms with Gasteiger partial charge >= 0.3 is 0 Å². The summed E-state index contributed by atoms with van der Waals surface area (Å²) in [4.78, 5) is 0. The zero-order valence-electron chi connectivity index (χ0n) is 12.8. The van der Waals surface area contributed by atoms with Gasteiger partial charge in [-0.1, -0.05) is 24.6 Å². The first-order valence-electron chi connectivity index (χ1n) is 7.12. The van der Waals surface area contributed by atoms with E-state index in [9.17, 15) is 8.78 Å². The van der Waals surface area contributed by atoms with Crippen molar-refractivity contribution in [3.05, 3.63) is 34.4 Å². The van der Waals surface area contributed by atoms with Gasteiger partial charge in [0.2, 0.25) is 0 Å². The summed E-state index contributed by atoms with van der Waals surface area (Å²) < 4.78 is 29.1. The number of alkyl halides is 2. The minimum atomic E-state index is -2.39. The quantitative estimate of drug-likeness (QED) is 0.731. The lowest BCUT2D eigenvalue weighted by Gasteiger charge is -2.23. The fourth-order valence-corrected chi connectivity index (χ4v) is 2.71. The van der Waals surface area contributed by atoms with E-state index in [0.717, 1.165) is 6.54 Å². The van der Waals surface area contributed by atoms with Crippen LogP contribution in [0.1, 0.15) is 41.6 Å². The van der Waals surface area contributed by atoms with Gasteiger partial charge in [-0.15, -0.1) is 0 Å². The van der Waals surface area contributed by atoms with Gasteiger partial charge in [-0.3, -0.25) is 0 Å². The largest absolute Gasteiger partial charge is 0.375 e. The predicted octanol–water partition coefficient (Wildman–Crippen LogP) is 3.93. The lowest BCUT2D eigenvalue weighted by Crippen LogP contribution is -2.24. The van der Waals surface area contributed by atoms with Crippen molar-refractivity contribution in [1.29, 1.82) is 0 Å². The molecule has 0 amide bonds. The number of ether oxygens (including phenoxy) is 1. The van der Waals surface area contributed by atoms with E-state index >= 15 is 0 Å². The second-order valence-electron chi connectivity index (χ2n) is 5.18. The molecule has 0 bridgehead atoms. The van der Waals surface area contributed by atoms with E-state index in [1.165, 1.54) is 22.3 Å². The summed E-state index contributed by atoms with van der Waals surface area (Å²) in [5.74, 6) is 0. The van der Waals surface area contributed by atoms with Crippen LogP contribution in [0.3, 0.4) is 0 Å². The standard InChI is InChI=1S/C16H25F2NO/c1-5-19-14(6-7-20-10-15(17)18)16-12(3)8-11(2)9-13(16)4/h8-9,14-15,19H,5-7,10H2,1-4H3. The molecule has 0 radical (unpaired) electrons. The number of halogens is 2. The second-order valence-corrected chi connectivity index (χ2v) is 5.18. The van der Waals surface area contributed by atoms with Crippen molar-refractivity contribution < 1.29 is 13.5 Å². The van der Waals surface area contributed by atoms with E-state index in [0.29, 0.717) is 13.0 Å². The highest BCUT2D eigenvalue weighted by molar-refractivity contribution is 5.39. The van der Waals surface area contributed by atoms with Crippen molar-refractivity contribution in [2.75, 3.05) is 19.8 Å². The van der Waals surface area contributed by atoms with Gasteiger partial charge < -0.3 is 10.1 Å². The Morgan fingerprint density at radius 3 is 2.25 bits per heavy atom. The van der Waals surface area contributed by atoms with Crippen LogP contribution in [-0.4, -0.2) is 26.2 Å². The summed E-state index contributed by atoms with van der Waals surface area (Å²) in [6.45, 7) is 9.02. The Bertz CT molecular complexity index is 398. The van der Waals surface area contributed by atoms with Crippen LogP contribution in [0.4, 0.5) is 8.78 Å². The summed E-state index contributed by atoms with van der Waals surface area (Å²) in [6.07, 6.45) is -1.69. The molecule has 1 atom stereocenters. The zero-order chi connectivity index (χ0) is 15.1. The van der Waals surface area contributed by atoms with E-state index in [1.807, 2.05) is 6.92 Å². The average molecular weight is 285 g/mol. The Morgan fingerprint density at radius 1 is 1.15 bits per heavy atom. The van der Waals surface area contributed by atoms with Crippen molar-refractivity contribution in [3.63, 3.8) is 0 Å². The molecule has 0 aliphatic heterocycles. The molecule has 1 N–H and O–H groups in total. The number of benzene rings is 1. The first kappa shape index (κ1) is 17.1. The zero-order valence-corrected chi connectivity index (χ0v) is 12.8. The fraction of sp³-hybridized carbons (Fsp3) is 0.625. The van der Waals surface area contributed by atoms with Crippen LogP contribution in [0.2, 0.25) is 0 Å². The third-order valence-electron chi connectivity index (χ3n) is 3.33. The molecular formula is C16H25F2NO. The maximum atomic E-state index is 12.1. The highest BCUT2D eigenvalue weighted by Crippen LogP contribution is 2.26. The Labute approximate surface area is 120 Å². The van der Waals surface area contributed by atoms with E-state index < -0.39 is 13.0 Å². The normalized spacial score (nSPS) is 12.9. The maximum absolute atomic E-state index is 12.1. The van der Waals surface area contributed by atoms with Crippen LogP contribution in [-0.2, 0) is 4.74 Å². The third kappa shape index (κ3) is 5.17. The Kier molecular flexibility index (Phi) is 7.10. The SMILES string of the molecule is CCNC(CCOCC(F)F)c1c(C)cc(C)cc1C. The lowest BCUT2D eigenvalue weighted by atomic mass is 9.92. The van der Waals surface area contributed by atoms with Gasteiger partial charge in [0.1, 0.15) is 6.61 Å². The first-order chi connectivity index (χ1) is 9.45. The highest BCUT2D eigenvalue weighted by Gasteiger charge is 2.16. The van der Waals surface area contributed by atoms with Crippen molar-refractivity contribution in [1.82, 2.24) is 5.32 Å². The lowest BCUT2D eigenvalue weighted by molar-refractivity contribution is 0.0143. The van der Waals surface area contributed by atoms with Crippen molar-refractivity contribution >= 4 is 0 Å². The molecule has 0 fully saturated rings. The molecule has 0 spiro atoms. The van der Waals surface area contributed by atoms with Gasteiger partial charge in [0, 0.05) is 12.6 Å². The predicted molar refractivity (Wildman–Crippen MR) is 78.5 cm³/mol. The topological polar surface area (TPSA) is 21.3 Å². The first-order valence-corrected chi connectivity index (χ1v) is 7.12. The van der Waals surface area contributed by atoms with Crippen LogP contribution in [0.15, 0.2) is 12.1 Å². The molecule has 1 rings (SSSR count). The van der Waals surface area contributed by atoms with Crippen LogP contribution in [0.5, 0.6) is 0 Å². The van der Waals surface area contributed by atoms with Gasteiger partial charge in [0.25, 0.3) is 6.43 Å². The molecule has 0 saturated carbocycles. The summed E-state index contributed by atoms with van der Waals surface area (Å²) in [7, 11) is 0. The number of nitrogens with one attached hydrogen (secondary N) is 1. The molecule has 20 heavy (non-hydrogen) atoms. The molecule has 0 heterocycles. The molecule has 0 saturated heterocycles. The average Bonchev–Trinajstić information content (AvgIpc) is 2.32. The van der Waals surface area contributed by atoms with Crippen LogP contribution in [0.25, 0.3) is 0 Å². The summed E-state index contributed by atoms with van der Waals surface area (Å²) in [5.41, 5.74) is 4.98. The van der Waals surface area contributed by atoms with Gasteiger partial charge in [-0.05, 0) is 50.4 Å². The molecule has 2 nitrogen and oxygen atoms in total. The molecule has 0 aliphatic carbocycles. The Balaban J connectivity index is 2.75. The van der Waals surface area contributed by atoms with Crippen molar-refractivity contribution in [3.8, 4) is 0 Å². The van der Waals surface area contributed by atoms with E-state index in [-0.39, 0.29) is 6.04 Å². The van der Waals surface area contributed by atoms with Crippen LogP contribution < -0.4 is 5.32 Å². The van der Waals surface area contributed by atoms with E-state index in [4.69, 9.17) is 4.74 Å². The van der Waals surface area contributed by atoms with Gasteiger partial charge in [-0.25, -0.2) is 8.78 Å². The van der Waals surface area contributed by atoms with Crippen LogP contribution >= 0.6 is 0 Å². The summed E-state index contributed by atoms with van der Waals surface area (Å²) in [6, 6.07) is 4.47. The van der Waals surface area contributed by atoms with Gasteiger partial charge in [-0.2, -0.15) is 0 Å². The Hall–Kier alpha value is -1.00. The minimum absolute atomic E-state index is 0.151. The summed E-state index contributed by atoms with van der Waals surface area (Å²) in [5, 5.41) is 3.42. The molecule has 1 unspecified atom stereocenters. The monoisotopic (exact) mass is 285 g/mol. The molecule has 0 aliphatic rings. The van der Waals surface area contributed by atoms with E-state index in [1.54, 1.807) is 0 Å². The van der Waals surface area contributed by atoms with Crippen LogP contribution in [0, 0.1) is 20.8 Å². The smallest absolute Gasteiger partial charge is 0.261 e. The van der Waals surface area contributed by atoms with E-state index in [2.05, 4.69) is 38.2 Å². The number of hydrogen-bond donors (Lipinski definition) is 1. The fourth-order valence-electron chi connectivity index (χ4n) is 2.71. The molecule has 0 aromatic heterocycles. The van der Waals surface area contributed by atoms with Gasteiger partial charge in [0.05, 0.1) is 0 Å². The maximum Gasteiger partial charge on any atom is 0.261 e. The molecule has 4 heteroatoms. The minimum Gasteiger partial charge on any atom is -0.375 e.